The molecule has 1 amide bonds. The second kappa shape index (κ2) is 20.7. The average molecular weight is 935 g/mol. The molecule has 5 heterocycles. The number of ketones is 1. The predicted molar refractivity (Wildman–Crippen MR) is 248 cm³/mol. The Morgan fingerprint density at radius 3 is 2.22 bits per heavy atom. The molecule has 14 heteroatoms. The van der Waals surface area contributed by atoms with E-state index in [4.69, 9.17) is 35.3 Å². The monoisotopic (exact) mass is 933 g/mol. The molecule has 0 bridgehead atoms. The number of aliphatic hydroxyl groups excluding tert-OH is 1. The Hall–Kier alpha value is -2.07. The predicted octanol–water partition coefficient (Wildman–Crippen LogP) is 9.49. The smallest absolute Gasteiger partial charge is 0.309 e. The van der Waals surface area contributed by atoms with Crippen LogP contribution in [0.4, 0.5) is 4.79 Å². The minimum absolute atomic E-state index is 0.0282. The number of amides is 1. The van der Waals surface area contributed by atoms with Crippen molar-refractivity contribution in [3.63, 3.8) is 0 Å². The van der Waals surface area contributed by atoms with E-state index in [1.165, 1.54) is 0 Å². The number of halogens is 1. The van der Waals surface area contributed by atoms with Gasteiger partial charge in [0.25, 0.3) is 5.24 Å². The van der Waals surface area contributed by atoms with Crippen molar-refractivity contribution in [2.75, 3.05) is 0 Å². The second-order valence-corrected chi connectivity index (χ2v) is 21.7. The van der Waals surface area contributed by atoms with Crippen molar-refractivity contribution in [3.8, 4) is 0 Å². The number of nitrogens with one attached hydrogen (secondary N) is 1. The molecule has 1 aromatic carbocycles. The number of carboxylic acids is 1. The molecule has 6 rings (SSSR count). The number of carbonyl (C=O) groups excluding carboxylic acids is 2. The van der Waals surface area contributed by atoms with E-state index >= 15 is 0 Å². The summed E-state index contributed by atoms with van der Waals surface area (Å²) in [5.74, 6) is -5.63. The van der Waals surface area contributed by atoms with E-state index in [0.717, 1.165) is 23.7 Å². The molecule has 0 radical (unpaired) electrons. The van der Waals surface area contributed by atoms with Crippen LogP contribution >= 0.6 is 23.4 Å². The van der Waals surface area contributed by atoms with Gasteiger partial charge in [0.15, 0.2) is 11.6 Å². The van der Waals surface area contributed by atoms with Crippen molar-refractivity contribution < 1.29 is 53.4 Å². The van der Waals surface area contributed by atoms with E-state index in [-0.39, 0.29) is 34.9 Å². The summed E-state index contributed by atoms with van der Waals surface area (Å²) < 4.78 is 34.7. The van der Waals surface area contributed by atoms with E-state index in [2.05, 4.69) is 26.1 Å². The van der Waals surface area contributed by atoms with Gasteiger partial charge in [-0.05, 0) is 107 Å². The highest BCUT2D eigenvalue weighted by atomic mass is 35.5. The van der Waals surface area contributed by atoms with Crippen molar-refractivity contribution in [2.24, 2.45) is 41.4 Å². The Kier molecular flexibility index (Phi) is 16.6. The van der Waals surface area contributed by atoms with Crippen LogP contribution in [0.3, 0.4) is 0 Å². The first-order chi connectivity index (χ1) is 30.1. The number of rotatable bonds is 15. The number of ether oxygens (including phenoxy) is 5. The summed E-state index contributed by atoms with van der Waals surface area (Å²) in [5.41, 5.74) is -0.772. The number of hydrogen-bond donors (Lipinski definition) is 4. The molecule has 360 valence electrons. The molecular weight excluding hydrogens is 858 g/mol. The second-order valence-electron chi connectivity index (χ2n) is 20.3. The third kappa shape index (κ3) is 10.5. The van der Waals surface area contributed by atoms with E-state index < -0.39 is 89.0 Å². The highest BCUT2D eigenvalue weighted by molar-refractivity contribution is 8.12. The average Bonchev–Trinajstić information content (AvgIpc) is 3.61. The fourth-order valence-corrected chi connectivity index (χ4v) is 12.4. The van der Waals surface area contributed by atoms with Crippen LogP contribution in [0.1, 0.15) is 139 Å². The van der Waals surface area contributed by atoms with Crippen molar-refractivity contribution in [3.05, 3.63) is 47.0 Å². The molecule has 0 aliphatic carbocycles. The van der Waals surface area contributed by atoms with Crippen molar-refractivity contribution in [1.29, 1.82) is 0 Å². The lowest BCUT2D eigenvalue weighted by molar-refractivity contribution is -0.397. The van der Waals surface area contributed by atoms with Crippen LogP contribution in [-0.2, 0) is 39.0 Å². The molecule has 2 spiro atoms. The van der Waals surface area contributed by atoms with Gasteiger partial charge in [0, 0.05) is 40.9 Å². The molecule has 18 atom stereocenters. The van der Waals surface area contributed by atoms with E-state index in [0.29, 0.717) is 68.6 Å². The number of hydrogen-bond acceptors (Lipinski definition) is 11. The van der Waals surface area contributed by atoms with Crippen LogP contribution < -0.4 is 5.32 Å². The zero-order valence-corrected chi connectivity index (χ0v) is 41.3. The van der Waals surface area contributed by atoms with Gasteiger partial charge in [0.2, 0.25) is 0 Å². The lowest BCUT2D eigenvalue weighted by Crippen LogP contribution is -2.65. The van der Waals surface area contributed by atoms with E-state index in [9.17, 15) is 29.7 Å². The van der Waals surface area contributed by atoms with Crippen molar-refractivity contribution in [1.82, 2.24) is 5.32 Å². The molecular formula is C50H76ClNO11S. The maximum Gasteiger partial charge on any atom is 0.309 e. The molecule has 5 aliphatic heterocycles. The Balaban J connectivity index is 1.23. The van der Waals surface area contributed by atoms with Crippen LogP contribution in [0.25, 0.3) is 0 Å². The molecule has 64 heavy (non-hydrogen) atoms. The Labute approximate surface area is 390 Å². The zero-order chi connectivity index (χ0) is 46.9. The number of thioether (sulfide) groups is 1. The maximum atomic E-state index is 14.7. The summed E-state index contributed by atoms with van der Waals surface area (Å²) in [6.45, 7) is 19.7. The normalized spacial score (nSPS) is 40.1. The van der Waals surface area contributed by atoms with Gasteiger partial charge in [-0.1, -0.05) is 97.0 Å². The third-order valence-electron chi connectivity index (χ3n) is 16.0. The van der Waals surface area contributed by atoms with E-state index in [1.54, 1.807) is 19.1 Å². The zero-order valence-electron chi connectivity index (χ0n) is 39.7. The maximum absolute atomic E-state index is 14.7. The van der Waals surface area contributed by atoms with E-state index in [1.807, 2.05) is 65.8 Å². The molecule has 4 fully saturated rings. The first-order valence-electron chi connectivity index (χ1n) is 24.1. The molecule has 5 aliphatic rings. The molecule has 1 aromatic rings. The molecule has 12 nitrogen and oxygen atoms in total. The summed E-state index contributed by atoms with van der Waals surface area (Å²) in [6, 6.07) is 6.72. The fourth-order valence-electron chi connectivity index (χ4n) is 11.6. The fraction of sp³-hybridized carbons (Fsp3) is 0.780. The minimum atomic E-state index is -1.35. The van der Waals surface area contributed by atoms with Crippen LogP contribution in [-0.4, -0.2) is 97.8 Å². The lowest BCUT2D eigenvalue weighted by Gasteiger charge is -2.55. The quantitative estimate of drug-likeness (QED) is 0.123. The lowest BCUT2D eigenvalue weighted by atomic mass is 9.72. The van der Waals surface area contributed by atoms with Gasteiger partial charge in [-0.3, -0.25) is 14.4 Å². The van der Waals surface area contributed by atoms with Gasteiger partial charge in [-0.25, -0.2) is 0 Å². The molecule has 4 saturated heterocycles. The summed E-state index contributed by atoms with van der Waals surface area (Å²) in [7, 11) is 0. The SMILES string of the molecule is CC[C@@H](C(=O)[C@@H](C)[C@@H](O)[C@H](C)[C@@H]1O[C@@H]([C@@H](CC)C(=O)O)CC[C@@H]1C)[C@H]1O[C@]2(C=C[C@@H](NC(=O)SCc3ccc(Cl)cc3)[C@]3(CC[C@@](C)([C@H]4CC[C@](O)(CC)[C@H](C)O4)O3)O2)[C@H](C)C[C@@H]1C. The molecule has 0 aromatic heterocycles. The Morgan fingerprint density at radius 1 is 0.906 bits per heavy atom. The van der Waals surface area contributed by atoms with Crippen molar-refractivity contribution >= 4 is 40.4 Å². The number of aliphatic carboxylic acids is 1. The summed E-state index contributed by atoms with van der Waals surface area (Å²) in [5, 5.41) is 36.6. The van der Waals surface area contributed by atoms with Gasteiger partial charge in [0.1, 0.15) is 11.8 Å². The Bertz CT molecular complexity index is 1820. The molecule has 0 saturated carbocycles. The minimum Gasteiger partial charge on any atom is -0.481 e. The van der Waals surface area contributed by atoms with Gasteiger partial charge in [-0.15, -0.1) is 0 Å². The van der Waals surface area contributed by atoms with Gasteiger partial charge in [-0.2, -0.15) is 0 Å². The molecule has 0 unspecified atom stereocenters. The highest BCUT2D eigenvalue weighted by Gasteiger charge is 2.63. The first kappa shape index (κ1) is 51.3. The van der Waals surface area contributed by atoms with Crippen LogP contribution in [0.15, 0.2) is 36.4 Å². The summed E-state index contributed by atoms with van der Waals surface area (Å²) in [6.07, 6.45) is 6.46. The van der Waals surface area contributed by atoms with Crippen LogP contribution in [0.5, 0.6) is 0 Å². The number of carboxylic acid groups (broad SMARTS) is 1. The number of benzene rings is 1. The van der Waals surface area contributed by atoms with Gasteiger partial charge >= 0.3 is 5.97 Å². The first-order valence-corrected chi connectivity index (χ1v) is 25.4. The number of aliphatic hydroxyl groups is 2. The third-order valence-corrected chi connectivity index (χ3v) is 17.1. The topological polar surface area (TPSA) is 170 Å². The molecule has 4 N–H and O–H groups in total. The standard InChI is InChI=1S/C50H76ClNO11S/c1-11-36(45(55)56)38-19-14-28(4)43(60-38)32(8)41(53)31(7)42(54)37(12-2)44-29(5)26-30(6)49(61-44)23-20-39(52-46(57)64-27-34-15-17-35(51)18-16-34)50(63-49)25-24-47(10,62-50)40-21-22-48(58,13-3)33(9)59-40/h15-18,20,23,28-33,36-41,43-44,53,58H,11-14,19,21-22,24-27H2,1-10H3,(H,52,57)(H,55,56)/t28-,29-,30+,31-,32-,33-,36+,37-,38+,39+,40+,41+,43+,44-,47-,48+,49-,50-/m0/s1. The largest absolute Gasteiger partial charge is 0.481 e. The number of carbonyl (C=O) groups is 3. The summed E-state index contributed by atoms with van der Waals surface area (Å²) >= 11 is 7.25. The van der Waals surface area contributed by atoms with Gasteiger partial charge in [0.05, 0.1) is 53.7 Å². The van der Waals surface area contributed by atoms with Gasteiger partial charge < -0.3 is 44.3 Å². The van der Waals surface area contributed by atoms with Crippen molar-refractivity contribution in [2.45, 2.75) is 205 Å². The summed E-state index contributed by atoms with van der Waals surface area (Å²) in [4.78, 5) is 40.5. The number of Topliss-reactive ketones (excluding diaryl/α,β-unsaturated/α-hetero) is 1. The Morgan fingerprint density at radius 2 is 1.59 bits per heavy atom. The van der Waals surface area contributed by atoms with Crippen LogP contribution in [0.2, 0.25) is 5.02 Å². The van der Waals surface area contributed by atoms with Crippen LogP contribution in [0, 0.1) is 41.4 Å². The highest BCUT2D eigenvalue weighted by Crippen LogP contribution is 2.54.